The molecule has 0 radical (unpaired) electrons. The van der Waals surface area contributed by atoms with E-state index in [1.807, 2.05) is 0 Å². The van der Waals surface area contributed by atoms with Crippen molar-refractivity contribution in [2.45, 2.75) is 39.2 Å². The SMILES string of the molecule is CC1CNCC(NS(=O)(=O)N2CCCC(C)C2)C1. The fourth-order valence-electron chi connectivity index (χ4n) is 2.90. The second-order valence-corrected chi connectivity index (χ2v) is 7.63. The van der Waals surface area contributed by atoms with E-state index in [4.69, 9.17) is 0 Å². The van der Waals surface area contributed by atoms with Crippen LogP contribution in [-0.2, 0) is 10.2 Å². The van der Waals surface area contributed by atoms with Crippen LogP contribution in [0.1, 0.15) is 33.1 Å². The van der Waals surface area contributed by atoms with E-state index in [1.165, 1.54) is 0 Å². The number of rotatable bonds is 3. The second-order valence-electron chi connectivity index (χ2n) is 5.92. The zero-order valence-electron chi connectivity index (χ0n) is 11.4. The first-order valence-electron chi connectivity index (χ1n) is 6.95. The van der Waals surface area contributed by atoms with E-state index in [9.17, 15) is 8.42 Å². The molecule has 0 aliphatic carbocycles. The van der Waals surface area contributed by atoms with Crippen molar-refractivity contribution >= 4 is 10.2 Å². The number of hydrogen-bond donors (Lipinski definition) is 2. The highest BCUT2D eigenvalue weighted by Crippen LogP contribution is 2.19. The van der Waals surface area contributed by atoms with Gasteiger partial charge in [-0.2, -0.15) is 17.4 Å². The highest BCUT2D eigenvalue weighted by molar-refractivity contribution is 7.87. The van der Waals surface area contributed by atoms with Gasteiger partial charge < -0.3 is 5.32 Å². The summed E-state index contributed by atoms with van der Waals surface area (Å²) in [6.07, 6.45) is 3.03. The van der Waals surface area contributed by atoms with Gasteiger partial charge >= 0.3 is 0 Å². The molecule has 3 atom stereocenters. The van der Waals surface area contributed by atoms with Gasteiger partial charge in [-0.15, -0.1) is 0 Å². The molecule has 0 aromatic carbocycles. The molecule has 2 aliphatic rings. The summed E-state index contributed by atoms with van der Waals surface area (Å²) in [7, 11) is -3.30. The summed E-state index contributed by atoms with van der Waals surface area (Å²) < 4.78 is 29.0. The van der Waals surface area contributed by atoms with E-state index in [1.54, 1.807) is 4.31 Å². The summed E-state index contributed by atoms with van der Waals surface area (Å²) in [5, 5.41) is 3.27. The first-order chi connectivity index (χ1) is 8.47. The fourth-order valence-corrected chi connectivity index (χ4v) is 4.47. The highest BCUT2D eigenvalue weighted by atomic mass is 32.2. The summed E-state index contributed by atoms with van der Waals surface area (Å²) in [5.41, 5.74) is 0. The first kappa shape index (κ1) is 14.2. The molecule has 2 aliphatic heterocycles. The Labute approximate surface area is 110 Å². The smallest absolute Gasteiger partial charge is 0.279 e. The van der Waals surface area contributed by atoms with Crippen molar-refractivity contribution in [2.24, 2.45) is 11.8 Å². The molecule has 0 spiro atoms. The monoisotopic (exact) mass is 275 g/mol. The zero-order chi connectivity index (χ0) is 13.2. The Balaban J connectivity index is 1.93. The average molecular weight is 275 g/mol. The van der Waals surface area contributed by atoms with Crippen LogP contribution in [0.2, 0.25) is 0 Å². The van der Waals surface area contributed by atoms with E-state index in [0.29, 0.717) is 24.9 Å². The predicted molar refractivity (Wildman–Crippen MR) is 72.5 cm³/mol. The lowest BCUT2D eigenvalue weighted by Gasteiger charge is -2.33. The Morgan fingerprint density at radius 3 is 2.67 bits per heavy atom. The minimum atomic E-state index is -3.30. The third-order valence-electron chi connectivity index (χ3n) is 3.85. The molecular formula is C12H25N3O2S. The van der Waals surface area contributed by atoms with Crippen LogP contribution >= 0.6 is 0 Å². The molecule has 2 N–H and O–H groups in total. The van der Waals surface area contributed by atoms with E-state index < -0.39 is 10.2 Å². The maximum absolute atomic E-state index is 12.3. The van der Waals surface area contributed by atoms with E-state index in [-0.39, 0.29) is 6.04 Å². The first-order valence-corrected chi connectivity index (χ1v) is 8.39. The molecule has 2 fully saturated rings. The molecule has 2 saturated heterocycles. The van der Waals surface area contributed by atoms with Gasteiger partial charge in [0, 0.05) is 25.7 Å². The zero-order valence-corrected chi connectivity index (χ0v) is 12.2. The fraction of sp³-hybridized carbons (Fsp3) is 1.00. The largest absolute Gasteiger partial charge is 0.315 e. The van der Waals surface area contributed by atoms with Crippen LogP contribution < -0.4 is 10.0 Å². The van der Waals surface area contributed by atoms with Gasteiger partial charge in [0.2, 0.25) is 0 Å². The lowest BCUT2D eigenvalue weighted by atomic mass is 9.99. The minimum absolute atomic E-state index is 0.0379. The standard InChI is InChI=1S/C12H25N3O2S/c1-10-4-3-5-15(9-10)18(16,17)14-12-6-11(2)7-13-8-12/h10-14H,3-9H2,1-2H3. The molecule has 0 bridgehead atoms. The van der Waals surface area contributed by atoms with E-state index in [0.717, 1.165) is 32.4 Å². The maximum atomic E-state index is 12.3. The Kier molecular flexibility index (Phi) is 4.64. The van der Waals surface area contributed by atoms with Gasteiger partial charge in [0.25, 0.3) is 10.2 Å². The van der Waals surface area contributed by atoms with Crippen LogP contribution in [0.15, 0.2) is 0 Å². The number of nitrogens with zero attached hydrogens (tertiary/aromatic N) is 1. The Morgan fingerprint density at radius 2 is 2.00 bits per heavy atom. The van der Waals surface area contributed by atoms with Crippen molar-refractivity contribution in [1.82, 2.24) is 14.3 Å². The molecule has 0 aromatic rings. The van der Waals surface area contributed by atoms with Crippen LogP contribution in [0.4, 0.5) is 0 Å². The van der Waals surface area contributed by atoms with Crippen LogP contribution in [0.3, 0.4) is 0 Å². The summed E-state index contributed by atoms with van der Waals surface area (Å²) in [4.78, 5) is 0. The Morgan fingerprint density at radius 1 is 1.22 bits per heavy atom. The molecule has 106 valence electrons. The molecule has 0 aromatic heterocycles. The van der Waals surface area contributed by atoms with Gasteiger partial charge in [0.15, 0.2) is 0 Å². The van der Waals surface area contributed by atoms with Gasteiger partial charge in [0.1, 0.15) is 0 Å². The Hall–Kier alpha value is -0.170. The van der Waals surface area contributed by atoms with Gasteiger partial charge in [-0.25, -0.2) is 0 Å². The molecule has 3 unspecified atom stereocenters. The maximum Gasteiger partial charge on any atom is 0.279 e. The summed E-state index contributed by atoms with van der Waals surface area (Å²) in [5.74, 6) is 1.01. The minimum Gasteiger partial charge on any atom is -0.315 e. The molecule has 2 rings (SSSR count). The van der Waals surface area contributed by atoms with Crippen LogP contribution in [0, 0.1) is 11.8 Å². The third-order valence-corrected chi connectivity index (χ3v) is 5.49. The average Bonchev–Trinajstić information content (AvgIpc) is 2.28. The van der Waals surface area contributed by atoms with Crippen LogP contribution in [-0.4, -0.2) is 44.9 Å². The topological polar surface area (TPSA) is 61.4 Å². The van der Waals surface area contributed by atoms with Crippen LogP contribution in [0.5, 0.6) is 0 Å². The lowest BCUT2D eigenvalue weighted by molar-refractivity contribution is 0.271. The van der Waals surface area contributed by atoms with Crippen molar-refractivity contribution in [1.29, 1.82) is 0 Å². The van der Waals surface area contributed by atoms with Gasteiger partial charge in [-0.05, 0) is 37.6 Å². The molecule has 2 heterocycles. The van der Waals surface area contributed by atoms with E-state index >= 15 is 0 Å². The van der Waals surface area contributed by atoms with Crippen molar-refractivity contribution in [2.75, 3.05) is 26.2 Å². The highest BCUT2D eigenvalue weighted by Gasteiger charge is 2.30. The molecule has 6 heteroatoms. The number of hydrogen-bond acceptors (Lipinski definition) is 3. The van der Waals surface area contributed by atoms with Crippen molar-refractivity contribution in [3.8, 4) is 0 Å². The quantitative estimate of drug-likeness (QED) is 0.791. The van der Waals surface area contributed by atoms with Gasteiger partial charge in [-0.1, -0.05) is 13.8 Å². The van der Waals surface area contributed by atoms with Crippen molar-refractivity contribution < 1.29 is 8.42 Å². The number of piperidine rings is 2. The van der Waals surface area contributed by atoms with Gasteiger partial charge in [-0.3, -0.25) is 0 Å². The van der Waals surface area contributed by atoms with Gasteiger partial charge in [0.05, 0.1) is 0 Å². The van der Waals surface area contributed by atoms with Crippen molar-refractivity contribution in [3.05, 3.63) is 0 Å². The molecular weight excluding hydrogens is 250 g/mol. The summed E-state index contributed by atoms with van der Waals surface area (Å²) >= 11 is 0. The second kappa shape index (κ2) is 5.86. The molecule has 0 saturated carbocycles. The molecule has 18 heavy (non-hydrogen) atoms. The third kappa shape index (κ3) is 3.66. The number of nitrogens with one attached hydrogen (secondary N) is 2. The van der Waals surface area contributed by atoms with Crippen LogP contribution in [0.25, 0.3) is 0 Å². The van der Waals surface area contributed by atoms with E-state index in [2.05, 4.69) is 23.9 Å². The Bertz CT molecular complexity index is 372. The summed E-state index contributed by atoms with van der Waals surface area (Å²) in [6, 6.07) is 0.0379. The molecule has 5 nitrogen and oxygen atoms in total. The molecule has 0 amide bonds. The normalized spacial score (nSPS) is 35.6. The lowest BCUT2D eigenvalue weighted by Crippen LogP contribution is -2.53. The predicted octanol–water partition coefficient (Wildman–Crippen LogP) is 0.551. The van der Waals surface area contributed by atoms with Crippen molar-refractivity contribution in [3.63, 3.8) is 0 Å². The summed E-state index contributed by atoms with van der Waals surface area (Å²) in [6.45, 7) is 7.31.